The van der Waals surface area contributed by atoms with Crippen LogP contribution in [0.1, 0.15) is 35.6 Å². The van der Waals surface area contributed by atoms with Crippen LogP contribution < -0.4 is 10.1 Å². The van der Waals surface area contributed by atoms with Gasteiger partial charge >= 0.3 is 0 Å². The van der Waals surface area contributed by atoms with E-state index in [0.29, 0.717) is 42.9 Å². The minimum atomic E-state index is -0.849. The van der Waals surface area contributed by atoms with Crippen LogP contribution in [-0.2, 0) is 27.3 Å². The molecule has 0 spiro atoms. The third kappa shape index (κ3) is 6.31. The van der Waals surface area contributed by atoms with Crippen LogP contribution >= 0.6 is 0 Å². The van der Waals surface area contributed by atoms with Crippen molar-refractivity contribution in [3.63, 3.8) is 0 Å². The summed E-state index contributed by atoms with van der Waals surface area (Å²) in [6, 6.07) is 22.1. The van der Waals surface area contributed by atoms with Crippen molar-refractivity contribution in [2.24, 2.45) is 0 Å². The Hall–Kier alpha value is -4.24. The number of aryl methyl sites for hydroxylation is 1. The summed E-state index contributed by atoms with van der Waals surface area (Å²) in [5.41, 5.74) is 4.44. The first-order valence-corrected chi connectivity index (χ1v) is 13.7. The second-order valence-corrected chi connectivity index (χ2v) is 10.1. The fourth-order valence-corrected chi connectivity index (χ4v) is 5.16. The number of nitrogens with zero attached hydrogens (tertiary/aromatic N) is 4. The van der Waals surface area contributed by atoms with E-state index in [9.17, 15) is 9.59 Å². The van der Waals surface area contributed by atoms with Gasteiger partial charge in [-0.15, -0.1) is 5.10 Å². The number of amides is 2. The zero-order valence-corrected chi connectivity index (χ0v) is 23.0. The maximum absolute atomic E-state index is 14.1. The standard InChI is InChI=1S/C31H35N5O4/c1-22-8-3-4-9-23(22)17-18-35(29(37)21-36-28-12-6-5-11-27(28)33-34-36)30(24-13-15-25(39-2)16-14-24)31(38)32-20-26-10-7-19-40-26/h3-6,8-9,11-16,26,30H,7,10,17-21H2,1-2H3,(H,32,38). The molecule has 0 radical (unpaired) electrons. The van der Waals surface area contributed by atoms with Gasteiger partial charge in [0, 0.05) is 19.7 Å². The van der Waals surface area contributed by atoms with Gasteiger partial charge in [0.2, 0.25) is 11.8 Å². The van der Waals surface area contributed by atoms with Gasteiger partial charge in [-0.05, 0) is 67.1 Å². The first-order chi connectivity index (χ1) is 19.5. The zero-order chi connectivity index (χ0) is 27.9. The monoisotopic (exact) mass is 541 g/mol. The number of nitrogens with one attached hydrogen (secondary N) is 1. The predicted octanol–water partition coefficient (Wildman–Crippen LogP) is 3.86. The molecular weight excluding hydrogens is 506 g/mol. The molecule has 1 fully saturated rings. The summed E-state index contributed by atoms with van der Waals surface area (Å²) in [6.45, 7) is 3.47. The van der Waals surface area contributed by atoms with Crippen LogP contribution in [0.5, 0.6) is 5.75 Å². The average Bonchev–Trinajstić information content (AvgIpc) is 3.65. The summed E-state index contributed by atoms with van der Waals surface area (Å²) in [6.07, 6.45) is 2.47. The molecule has 5 rings (SSSR count). The zero-order valence-electron chi connectivity index (χ0n) is 23.0. The highest BCUT2D eigenvalue weighted by Crippen LogP contribution is 2.26. The van der Waals surface area contributed by atoms with E-state index in [1.54, 1.807) is 16.7 Å². The molecule has 0 bridgehead atoms. The SMILES string of the molecule is COc1ccc(C(C(=O)NCC2CCCO2)N(CCc2ccccc2C)C(=O)Cn2nnc3ccccc32)cc1. The molecule has 0 saturated carbocycles. The van der Waals surface area contributed by atoms with Crippen molar-refractivity contribution in [1.82, 2.24) is 25.2 Å². The highest BCUT2D eigenvalue weighted by molar-refractivity contribution is 5.89. The molecule has 2 atom stereocenters. The Morgan fingerprint density at radius 1 is 1.10 bits per heavy atom. The number of carbonyl (C=O) groups is 2. The Morgan fingerprint density at radius 3 is 2.62 bits per heavy atom. The Balaban J connectivity index is 1.47. The maximum atomic E-state index is 14.1. The van der Waals surface area contributed by atoms with Gasteiger partial charge in [-0.1, -0.05) is 53.7 Å². The fourth-order valence-electron chi connectivity index (χ4n) is 5.16. The van der Waals surface area contributed by atoms with Crippen molar-refractivity contribution in [3.8, 4) is 5.75 Å². The Bertz CT molecular complexity index is 1450. The quantitative estimate of drug-likeness (QED) is 0.310. The normalized spacial score (nSPS) is 15.6. The van der Waals surface area contributed by atoms with Crippen LogP contribution in [0.15, 0.2) is 72.8 Å². The predicted molar refractivity (Wildman–Crippen MR) is 152 cm³/mol. The van der Waals surface area contributed by atoms with Gasteiger partial charge in [0.1, 0.15) is 23.9 Å². The van der Waals surface area contributed by atoms with Crippen LogP contribution in [0, 0.1) is 6.92 Å². The third-order valence-corrected chi connectivity index (χ3v) is 7.43. The topological polar surface area (TPSA) is 98.6 Å². The molecule has 2 unspecified atom stereocenters. The smallest absolute Gasteiger partial charge is 0.247 e. The number of hydrogen-bond acceptors (Lipinski definition) is 6. The number of aromatic nitrogens is 3. The minimum absolute atomic E-state index is 0.0156. The number of hydrogen-bond donors (Lipinski definition) is 1. The molecule has 1 N–H and O–H groups in total. The van der Waals surface area contributed by atoms with Crippen molar-refractivity contribution in [2.75, 3.05) is 26.8 Å². The summed E-state index contributed by atoms with van der Waals surface area (Å²) in [5.74, 6) is 0.203. The van der Waals surface area contributed by atoms with Gasteiger partial charge in [-0.3, -0.25) is 9.59 Å². The van der Waals surface area contributed by atoms with Gasteiger partial charge in [0.05, 0.1) is 18.7 Å². The second-order valence-electron chi connectivity index (χ2n) is 10.1. The molecular formula is C31H35N5O4. The molecule has 4 aromatic rings. The van der Waals surface area contributed by atoms with Crippen LogP contribution in [0.4, 0.5) is 0 Å². The molecule has 9 nitrogen and oxygen atoms in total. The molecule has 1 aromatic heterocycles. The lowest BCUT2D eigenvalue weighted by Gasteiger charge is -2.32. The van der Waals surface area contributed by atoms with E-state index in [0.717, 1.165) is 29.5 Å². The Labute approximate surface area is 234 Å². The fraction of sp³-hybridized carbons (Fsp3) is 0.355. The van der Waals surface area contributed by atoms with E-state index in [-0.39, 0.29) is 24.5 Å². The largest absolute Gasteiger partial charge is 0.497 e. The molecule has 40 heavy (non-hydrogen) atoms. The van der Waals surface area contributed by atoms with Gasteiger partial charge < -0.3 is 19.7 Å². The van der Waals surface area contributed by atoms with Crippen molar-refractivity contribution in [1.29, 1.82) is 0 Å². The third-order valence-electron chi connectivity index (χ3n) is 7.43. The first-order valence-electron chi connectivity index (χ1n) is 13.7. The molecule has 1 saturated heterocycles. The van der Waals surface area contributed by atoms with Crippen LogP contribution in [0.2, 0.25) is 0 Å². The average molecular weight is 542 g/mol. The summed E-state index contributed by atoms with van der Waals surface area (Å²) in [7, 11) is 1.60. The number of methoxy groups -OCH3 is 1. The maximum Gasteiger partial charge on any atom is 0.247 e. The highest BCUT2D eigenvalue weighted by atomic mass is 16.5. The minimum Gasteiger partial charge on any atom is -0.497 e. The van der Waals surface area contributed by atoms with E-state index < -0.39 is 6.04 Å². The summed E-state index contributed by atoms with van der Waals surface area (Å²) >= 11 is 0. The van der Waals surface area contributed by atoms with Gasteiger partial charge in [-0.2, -0.15) is 0 Å². The molecule has 2 heterocycles. The molecule has 9 heteroatoms. The molecule has 2 amide bonds. The first kappa shape index (κ1) is 27.3. The Morgan fingerprint density at radius 2 is 1.88 bits per heavy atom. The van der Waals surface area contributed by atoms with E-state index in [4.69, 9.17) is 9.47 Å². The molecule has 1 aliphatic rings. The van der Waals surface area contributed by atoms with Crippen molar-refractivity contribution in [2.45, 2.75) is 44.9 Å². The molecule has 1 aliphatic heterocycles. The molecule has 208 valence electrons. The molecule has 0 aliphatic carbocycles. The lowest BCUT2D eigenvalue weighted by Crippen LogP contribution is -2.47. The summed E-state index contributed by atoms with van der Waals surface area (Å²) in [4.78, 5) is 29.6. The van der Waals surface area contributed by atoms with Crippen LogP contribution in [0.3, 0.4) is 0 Å². The van der Waals surface area contributed by atoms with E-state index >= 15 is 0 Å². The number of benzene rings is 3. The summed E-state index contributed by atoms with van der Waals surface area (Å²) < 4.78 is 12.7. The number of ether oxygens (including phenoxy) is 2. The second kappa shape index (κ2) is 12.7. The number of para-hydroxylation sites is 1. The molecule has 3 aromatic carbocycles. The van der Waals surface area contributed by atoms with Crippen molar-refractivity contribution < 1.29 is 19.1 Å². The van der Waals surface area contributed by atoms with E-state index in [1.165, 1.54) is 0 Å². The van der Waals surface area contributed by atoms with Crippen LogP contribution in [0.25, 0.3) is 11.0 Å². The van der Waals surface area contributed by atoms with Gasteiger partial charge in [-0.25, -0.2) is 4.68 Å². The summed E-state index contributed by atoms with van der Waals surface area (Å²) in [5, 5.41) is 11.5. The van der Waals surface area contributed by atoms with Crippen LogP contribution in [-0.4, -0.2) is 64.6 Å². The van der Waals surface area contributed by atoms with Crippen molar-refractivity contribution in [3.05, 3.63) is 89.5 Å². The number of rotatable bonds is 11. The van der Waals surface area contributed by atoms with Gasteiger partial charge in [0.25, 0.3) is 0 Å². The van der Waals surface area contributed by atoms with E-state index in [2.05, 4.69) is 34.7 Å². The van der Waals surface area contributed by atoms with Gasteiger partial charge in [0.15, 0.2) is 0 Å². The lowest BCUT2D eigenvalue weighted by atomic mass is 10.0. The highest BCUT2D eigenvalue weighted by Gasteiger charge is 2.32. The Kier molecular flexibility index (Phi) is 8.71. The number of fused-ring (bicyclic) bond motifs is 1. The van der Waals surface area contributed by atoms with Crippen molar-refractivity contribution >= 4 is 22.8 Å². The van der Waals surface area contributed by atoms with E-state index in [1.807, 2.05) is 60.7 Å². The lowest BCUT2D eigenvalue weighted by molar-refractivity contribution is -0.141. The number of carbonyl (C=O) groups excluding carboxylic acids is 2.